The van der Waals surface area contributed by atoms with Gasteiger partial charge in [-0.2, -0.15) is 0 Å². The average molecular weight is 179 g/mol. The Hall–Kier alpha value is -0.220. The van der Waals surface area contributed by atoms with Crippen LogP contribution in [0.1, 0.15) is 19.8 Å². The smallest absolute Gasteiger partial charge is 0.300 e. The molecule has 2 nitrogen and oxygen atoms in total. The lowest BCUT2D eigenvalue weighted by molar-refractivity contribution is -0.328. The van der Waals surface area contributed by atoms with Crippen molar-refractivity contribution < 1.29 is 13.5 Å². The topological polar surface area (TPSA) is 21.3 Å². The van der Waals surface area contributed by atoms with Gasteiger partial charge in [0.05, 0.1) is 0 Å². The van der Waals surface area contributed by atoms with Crippen molar-refractivity contribution in [1.82, 2.24) is 5.32 Å². The van der Waals surface area contributed by atoms with Crippen molar-refractivity contribution in [3.05, 3.63) is 0 Å². The van der Waals surface area contributed by atoms with E-state index < -0.39 is 18.1 Å². The van der Waals surface area contributed by atoms with Gasteiger partial charge in [0, 0.05) is 6.54 Å². The summed E-state index contributed by atoms with van der Waals surface area (Å²) in [6, 6.07) is 0. The molecule has 1 atom stereocenters. The van der Waals surface area contributed by atoms with E-state index in [4.69, 9.17) is 4.74 Å². The summed E-state index contributed by atoms with van der Waals surface area (Å²) >= 11 is 0. The van der Waals surface area contributed by atoms with Crippen molar-refractivity contribution in [1.29, 1.82) is 0 Å². The first-order chi connectivity index (χ1) is 5.58. The molecule has 0 radical (unpaired) electrons. The zero-order valence-corrected chi connectivity index (χ0v) is 7.49. The van der Waals surface area contributed by atoms with Crippen molar-refractivity contribution in [2.24, 2.45) is 0 Å². The van der Waals surface area contributed by atoms with E-state index in [1.165, 1.54) is 0 Å². The Balaban J connectivity index is 2.60. The second-order valence-corrected chi connectivity index (χ2v) is 3.27. The molecule has 1 N–H and O–H groups in total. The Kier molecular flexibility index (Phi) is 2.68. The molecular weight excluding hydrogens is 164 g/mol. The second-order valence-electron chi connectivity index (χ2n) is 3.27. The molecule has 0 spiro atoms. The highest BCUT2D eigenvalue weighted by atomic mass is 19.3. The van der Waals surface area contributed by atoms with Gasteiger partial charge < -0.3 is 10.1 Å². The molecule has 0 bridgehead atoms. The number of ether oxygens (including phenoxy) is 1. The van der Waals surface area contributed by atoms with Crippen LogP contribution in [0, 0.1) is 0 Å². The molecule has 0 saturated carbocycles. The van der Waals surface area contributed by atoms with Crippen molar-refractivity contribution in [3.8, 4) is 0 Å². The molecule has 4 heteroatoms. The Morgan fingerprint density at radius 2 is 2.17 bits per heavy atom. The van der Waals surface area contributed by atoms with Crippen LogP contribution in [-0.4, -0.2) is 31.7 Å². The number of nitrogens with one attached hydrogen (secondary N) is 1. The van der Waals surface area contributed by atoms with Gasteiger partial charge in [0.1, 0.15) is 12.2 Å². The molecule has 72 valence electrons. The van der Waals surface area contributed by atoms with Gasteiger partial charge >= 0.3 is 0 Å². The van der Waals surface area contributed by atoms with Gasteiger partial charge in [-0.25, -0.2) is 8.78 Å². The van der Waals surface area contributed by atoms with Crippen LogP contribution in [0.2, 0.25) is 0 Å². The molecule has 1 aliphatic rings. The molecule has 1 rings (SSSR count). The summed E-state index contributed by atoms with van der Waals surface area (Å²) in [7, 11) is 1.66. The minimum absolute atomic E-state index is 0.230. The van der Waals surface area contributed by atoms with Gasteiger partial charge in [-0.05, 0) is 13.5 Å². The number of rotatable bonds is 4. The van der Waals surface area contributed by atoms with E-state index in [1.807, 2.05) is 6.92 Å². The van der Waals surface area contributed by atoms with E-state index in [1.54, 1.807) is 7.05 Å². The fraction of sp³-hybridized carbons (Fsp3) is 1.00. The van der Waals surface area contributed by atoms with Crippen LogP contribution in [0.25, 0.3) is 0 Å². The molecule has 1 heterocycles. The summed E-state index contributed by atoms with van der Waals surface area (Å²) in [5, 5.41) is 2.75. The number of hydrogen-bond donors (Lipinski definition) is 1. The maximum Gasteiger partial charge on any atom is 0.300 e. The van der Waals surface area contributed by atoms with Crippen molar-refractivity contribution in [2.75, 3.05) is 20.2 Å². The second kappa shape index (κ2) is 3.26. The SMILES string of the molecule is CCCC1(CNC)OCC1(F)F. The number of hydrogen-bond acceptors (Lipinski definition) is 2. The minimum atomic E-state index is -2.65. The lowest BCUT2D eigenvalue weighted by atomic mass is 9.85. The molecule has 1 aliphatic heterocycles. The summed E-state index contributed by atoms with van der Waals surface area (Å²) in [4.78, 5) is 0. The summed E-state index contributed by atoms with van der Waals surface area (Å²) < 4.78 is 31.1. The quantitative estimate of drug-likeness (QED) is 0.704. The summed E-state index contributed by atoms with van der Waals surface area (Å²) in [5.74, 6) is -2.65. The Labute approximate surface area is 71.3 Å². The normalized spacial score (nSPS) is 33.0. The highest BCUT2D eigenvalue weighted by Gasteiger charge is 2.62. The summed E-state index contributed by atoms with van der Waals surface area (Å²) in [6.45, 7) is 1.69. The first-order valence-corrected chi connectivity index (χ1v) is 4.24. The summed E-state index contributed by atoms with van der Waals surface area (Å²) in [6.07, 6.45) is 1.14. The highest BCUT2D eigenvalue weighted by Crippen LogP contribution is 2.44. The molecule has 0 aliphatic carbocycles. The fourth-order valence-electron chi connectivity index (χ4n) is 1.60. The maximum atomic E-state index is 13.1. The van der Waals surface area contributed by atoms with Crippen molar-refractivity contribution in [2.45, 2.75) is 31.3 Å². The van der Waals surface area contributed by atoms with Crippen LogP contribution in [0.15, 0.2) is 0 Å². The molecule has 0 amide bonds. The number of halogens is 2. The zero-order valence-electron chi connectivity index (χ0n) is 7.49. The summed E-state index contributed by atoms with van der Waals surface area (Å²) in [5.41, 5.74) is -1.23. The third-order valence-electron chi connectivity index (χ3n) is 2.31. The van der Waals surface area contributed by atoms with Crippen LogP contribution in [-0.2, 0) is 4.74 Å². The van der Waals surface area contributed by atoms with Gasteiger partial charge in [-0.15, -0.1) is 0 Å². The van der Waals surface area contributed by atoms with Crippen LogP contribution >= 0.6 is 0 Å². The van der Waals surface area contributed by atoms with Crippen LogP contribution in [0.4, 0.5) is 8.78 Å². The molecule has 1 saturated heterocycles. The molecule has 0 aromatic heterocycles. The van der Waals surface area contributed by atoms with Crippen LogP contribution in [0.3, 0.4) is 0 Å². The predicted octanol–water partition coefficient (Wildman–Crippen LogP) is 1.41. The molecular formula is C8H15F2NO. The van der Waals surface area contributed by atoms with Crippen molar-refractivity contribution in [3.63, 3.8) is 0 Å². The number of likely N-dealkylation sites (N-methyl/N-ethyl adjacent to an activating group) is 1. The van der Waals surface area contributed by atoms with E-state index in [2.05, 4.69) is 5.32 Å². The van der Waals surface area contributed by atoms with E-state index in [0.29, 0.717) is 6.42 Å². The van der Waals surface area contributed by atoms with Crippen LogP contribution in [0.5, 0.6) is 0 Å². The third kappa shape index (κ3) is 1.33. The largest absolute Gasteiger partial charge is 0.361 e. The maximum absolute atomic E-state index is 13.1. The minimum Gasteiger partial charge on any atom is -0.361 e. The van der Waals surface area contributed by atoms with Gasteiger partial charge in [-0.3, -0.25) is 0 Å². The van der Waals surface area contributed by atoms with E-state index >= 15 is 0 Å². The van der Waals surface area contributed by atoms with Crippen LogP contribution < -0.4 is 5.32 Å². The molecule has 12 heavy (non-hydrogen) atoms. The molecule has 0 aromatic rings. The Bertz CT molecular complexity index is 155. The highest BCUT2D eigenvalue weighted by molar-refractivity contribution is 5.03. The van der Waals surface area contributed by atoms with E-state index in [9.17, 15) is 8.78 Å². The third-order valence-corrected chi connectivity index (χ3v) is 2.31. The van der Waals surface area contributed by atoms with E-state index in [0.717, 1.165) is 6.42 Å². The predicted molar refractivity (Wildman–Crippen MR) is 42.5 cm³/mol. The molecule has 1 unspecified atom stereocenters. The molecule has 1 fully saturated rings. The van der Waals surface area contributed by atoms with Gasteiger partial charge in [0.25, 0.3) is 5.92 Å². The number of alkyl halides is 2. The fourth-order valence-corrected chi connectivity index (χ4v) is 1.60. The standard InChI is InChI=1S/C8H15F2NO/c1-3-4-7(5-11-2)8(9,10)6-12-7/h11H,3-6H2,1-2H3. The Morgan fingerprint density at radius 1 is 1.50 bits per heavy atom. The van der Waals surface area contributed by atoms with Gasteiger partial charge in [0.2, 0.25) is 0 Å². The Morgan fingerprint density at radius 3 is 2.42 bits per heavy atom. The monoisotopic (exact) mass is 179 g/mol. The first kappa shape index (κ1) is 9.86. The van der Waals surface area contributed by atoms with E-state index in [-0.39, 0.29) is 6.54 Å². The lowest BCUT2D eigenvalue weighted by Gasteiger charge is -2.48. The van der Waals surface area contributed by atoms with Gasteiger partial charge in [0.15, 0.2) is 0 Å². The first-order valence-electron chi connectivity index (χ1n) is 4.24. The average Bonchev–Trinajstić information content (AvgIpc) is 2.02. The zero-order chi connectivity index (χ0) is 9.24. The lowest BCUT2D eigenvalue weighted by Crippen LogP contribution is -2.67. The van der Waals surface area contributed by atoms with Gasteiger partial charge in [-0.1, -0.05) is 13.3 Å². The van der Waals surface area contributed by atoms with Crippen molar-refractivity contribution >= 4 is 0 Å². The molecule has 0 aromatic carbocycles.